The fraction of sp³-hybridized carbons (Fsp3) is 0.280. The van der Waals surface area contributed by atoms with Crippen molar-refractivity contribution >= 4 is 35.4 Å². The van der Waals surface area contributed by atoms with Gasteiger partial charge in [-0.2, -0.15) is 0 Å². The van der Waals surface area contributed by atoms with Crippen LogP contribution in [0.25, 0.3) is 10.8 Å². The predicted molar refractivity (Wildman–Crippen MR) is 133 cm³/mol. The van der Waals surface area contributed by atoms with Gasteiger partial charge in [-0.25, -0.2) is 0 Å². The van der Waals surface area contributed by atoms with Crippen LogP contribution in [0.1, 0.15) is 35.8 Å². The third-order valence-corrected chi connectivity index (χ3v) is 6.04. The van der Waals surface area contributed by atoms with E-state index in [1.165, 1.54) is 0 Å². The summed E-state index contributed by atoms with van der Waals surface area (Å²) in [5, 5.41) is 30.4. The normalized spacial score (nSPS) is 17.9. The molecule has 1 aromatic heterocycles. The largest absolute Gasteiger partial charge is 0.475 e. The molecule has 0 saturated carbocycles. The summed E-state index contributed by atoms with van der Waals surface area (Å²) in [6.07, 6.45) is 2.27. The maximum Gasteiger partial charge on any atom is 0.475 e. The van der Waals surface area contributed by atoms with Crippen molar-refractivity contribution in [1.82, 2.24) is 15.6 Å². The first-order valence-electron chi connectivity index (χ1n) is 11.5. The molecule has 10 heteroatoms. The number of nitrogens with zero attached hydrogens (tertiary/aromatic N) is 2. The predicted octanol–water partition coefficient (Wildman–Crippen LogP) is 1.63. The molecule has 0 fully saturated rings. The summed E-state index contributed by atoms with van der Waals surface area (Å²) in [7, 11) is -1.70. The topological polar surface area (TPSA) is 133 Å². The van der Waals surface area contributed by atoms with E-state index in [1.807, 2.05) is 60.7 Å². The Morgan fingerprint density at radius 3 is 2.60 bits per heavy atom. The van der Waals surface area contributed by atoms with Gasteiger partial charge in [-0.05, 0) is 23.4 Å². The Balaban J connectivity index is 1.48. The van der Waals surface area contributed by atoms with Crippen molar-refractivity contribution in [3.8, 4) is 0 Å². The SMILES string of the molecule is CC[C@H](NC(=O)C1(Cc2ccccc2)CC(CNC(=O)c2nccc3ccccc23)=NO1)B(O)O. The van der Waals surface area contributed by atoms with Crippen LogP contribution in [0.2, 0.25) is 0 Å². The summed E-state index contributed by atoms with van der Waals surface area (Å²) in [5.74, 6) is -1.70. The molecule has 1 aliphatic rings. The van der Waals surface area contributed by atoms with Crippen molar-refractivity contribution in [1.29, 1.82) is 0 Å². The highest BCUT2D eigenvalue weighted by Crippen LogP contribution is 2.29. The number of oxime groups is 1. The molecule has 4 N–H and O–H groups in total. The number of fused-ring (bicyclic) bond motifs is 1. The number of hydrogen-bond donors (Lipinski definition) is 4. The summed E-state index contributed by atoms with van der Waals surface area (Å²) in [6.45, 7) is 1.82. The van der Waals surface area contributed by atoms with E-state index >= 15 is 0 Å². The van der Waals surface area contributed by atoms with Gasteiger partial charge in [-0.3, -0.25) is 14.6 Å². The minimum atomic E-state index is -1.70. The standard InChI is InChI=1S/C25H27BN4O5/c1-2-21(26(33)34)29-24(32)25(14-17-8-4-3-5-9-17)15-19(30-35-25)16-28-23(31)22-20-11-7-6-10-18(20)12-13-27-22/h3-13,21,33-34H,2,14-16H2,1H3,(H,28,31)(H,29,32)/t21-,25?/m0/s1. The van der Waals surface area contributed by atoms with E-state index < -0.39 is 24.6 Å². The molecule has 2 heterocycles. The van der Waals surface area contributed by atoms with E-state index in [-0.39, 0.29) is 25.3 Å². The third-order valence-electron chi connectivity index (χ3n) is 6.04. The first-order chi connectivity index (χ1) is 16.9. The minimum Gasteiger partial charge on any atom is -0.426 e. The van der Waals surface area contributed by atoms with Crippen LogP contribution in [-0.4, -0.2) is 57.8 Å². The Morgan fingerprint density at radius 1 is 1.11 bits per heavy atom. The molecule has 2 atom stereocenters. The highest BCUT2D eigenvalue weighted by atomic mass is 16.7. The molecule has 1 unspecified atom stereocenters. The molecule has 1 aliphatic heterocycles. The Bertz CT molecular complexity index is 1230. The van der Waals surface area contributed by atoms with Crippen LogP contribution in [0.3, 0.4) is 0 Å². The number of rotatable bonds is 9. The fourth-order valence-corrected chi connectivity index (χ4v) is 4.12. The van der Waals surface area contributed by atoms with Crippen LogP contribution in [0.15, 0.2) is 72.0 Å². The van der Waals surface area contributed by atoms with E-state index in [0.29, 0.717) is 17.8 Å². The molecule has 0 spiro atoms. The molecule has 0 saturated heterocycles. The molecule has 0 aliphatic carbocycles. The van der Waals surface area contributed by atoms with Gasteiger partial charge in [0.15, 0.2) is 0 Å². The molecule has 0 bridgehead atoms. The van der Waals surface area contributed by atoms with E-state index in [2.05, 4.69) is 20.8 Å². The number of nitrogens with one attached hydrogen (secondary N) is 2. The van der Waals surface area contributed by atoms with Gasteiger partial charge in [0.05, 0.1) is 18.2 Å². The van der Waals surface area contributed by atoms with Crippen LogP contribution in [0, 0.1) is 0 Å². The van der Waals surface area contributed by atoms with Gasteiger partial charge in [-0.1, -0.05) is 66.7 Å². The van der Waals surface area contributed by atoms with Crippen LogP contribution in [0.4, 0.5) is 0 Å². The number of benzene rings is 2. The zero-order valence-corrected chi connectivity index (χ0v) is 19.3. The van der Waals surface area contributed by atoms with Crippen LogP contribution in [0.5, 0.6) is 0 Å². The smallest absolute Gasteiger partial charge is 0.426 e. The zero-order chi connectivity index (χ0) is 24.8. The molecule has 9 nitrogen and oxygen atoms in total. The van der Waals surface area contributed by atoms with Gasteiger partial charge in [-0.15, -0.1) is 0 Å². The molecule has 2 amide bonds. The summed E-state index contributed by atoms with van der Waals surface area (Å²) in [5.41, 5.74) is 0.281. The van der Waals surface area contributed by atoms with E-state index in [1.54, 1.807) is 13.1 Å². The molecule has 0 radical (unpaired) electrons. The minimum absolute atomic E-state index is 0.0768. The van der Waals surface area contributed by atoms with Crippen LogP contribution < -0.4 is 10.6 Å². The maximum absolute atomic E-state index is 13.3. The lowest BCUT2D eigenvalue weighted by atomic mass is 9.77. The summed E-state index contributed by atoms with van der Waals surface area (Å²) < 4.78 is 0. The number of pyridine rings is 1. The van der Waals surface area contributed by atoms with Crippen molar-refractivity contribution in [3.63, 3.8) is 0 Å². The molecule has 180 valence electrons. The number of carbonyl (C=O) groups is 2. The van der Waals surface area contributed by atoms with Crippen molar-refractivity contribution in [2.75, 3.05) is 6.54 Å². The van der Waals surface area contributed by atoms with E-state index in [4.69, 9.17) is 4.84 Å². The molecule has 2 aromatic carbocycles. The third kappa shape index (κ3) is 5.50. The van der Waals surface area contributed by atoms with Gasteiger partial charge in [0.2, 0.25) is 5.60 Å². The van der Waals surface area contributed by atoms with Crippen molar-refractivity contribution < 1.29 is 24.5 Å². The second-order valence-corrected chi connectivity index (χ2v) is 8.55. The summed E-state index contributed by atoms with van der Waals surface area (Å²) >= 11 is 0. The number of carbonyl (C=O) groups excluding carboxylic acids is 2. The van der Waals surface area contributed by atoms with Crippen LogP contribution >= 0.6 is 0 Å². The quantitative estimate of drug-likeness (QED) is 0.349. The molecule has 3 aromatic rings. The Morgan fingerprint density at radius 2 is 1.86 bits per heavy atom. The maximum atomic E-state index is 13.3. The first kappa shape index (κ1) is 24.4. The van der Waals surface area contributed by atoms with Gasteiger partial charge >= 0.3 is 7.12 Å². The highest BCUT2D eigenvalue weighted by molar-refractivity contribution is 6.43. The zero-order valence-electron chi connectivity index (χ0n) is 19.3. The van der Waals surface area contributed by atoms with Gasteiger partial charge in [0.25, 0.3) is 11.8 Å². The average Bonchev–Trinajstić information content (AvgIpc) is 3.29. The Kier molecular flexibility index (Phi) is 7.43. The van der Waals surface area contributed by atoms with E-state index in [9.17, 15) is 19.6 Å². The summed E-state index contributed by atoms with van der Waals surface area (Å²) in [6, 6.07) is 18.7. The van der Waals surface area contributed by atoms with Crippen molar-refractivity contribution in [2.24, 2.45) is 5.16 Å². The first-order valence-corrected chi connectivity index (χ1v) is 11.5. The lowest BCUT2D eigenvalue weighted by Crippen LogP contribution is -2.55. The monoisotopic (exact) mass is 474 g/mol. The number of aromatic nitrogens is 1. The molecule has 4 rings (SSSR count). The number of amides is 2. The van der Waals surface area contributed by atoms with Crippen LogP contribution in [-0.2, 0) is 16.1 Å². The lowest BCUT2D eigenvalue weighted by Gasteiger charge is -2.28. The highest BCUT2D eigenvalue weighted by Gasteiger charge is 2.47. The van der Waals surface area contributed by atoms with Crippen molar-refractivity contribution in [2.45, 2.75) is 37.7 Å². The Hall–Kier alpha value is -3.76. The molecule has 35 heavy (non-hydrogen) atoms. The van der Waals surface area contributed by atoms with Gasteiger partial charge < -0.3 is 25.5 Å². The van der Waals surface area contributed by atoms with E-state index in [0.717, 1.165) is 16.3 Å². The lowest BCUT2D eigenvalue weighted by molar-refractivity contribution is -0.144. The number of hydrogen-bond acceptors (Lipinski definition) is 7. The second kappa shape index (κ2) is 10.7. The molecular formula is C25H27BN4O5. The second-order valence-electron chi connectivity index (χ2n) is 8.55. The Labute approximate surface area is 203 Å². The summed E-state index contributed by atoms with van der Waals surface area (Å²) in [4.78, 5) is 36.1. The van der Waals surface area contributed by atoms with Crippen molar-refractivity contribution in [3.05, 3.63) is 78.1 Å². The average molecular weight is 474 g/mol. The molecular weight excluding hydrogens is 447 g/mol. The van der Waals surface area contributed by atoms with Gasteiger partial charge in [0, 0.05) is 24.4 Å². The fourth-order valence-electron chi connectivity index (χ4n) is 4.12. The van der Waals surface area contributed by atoms with Gasteiger partial charge in [0.1, 0.15) is 5.69 Å².